The van der Waals surface area contributed by atoms with Gasteiger partial charge in [-0.1, -0.05) is 31.2 Å². The van der Waals surface area contributed by atoms with E-state index in [1.54, 1.807) is 0 Å². The molecule has 4 fully saturated rings. The summed E-state index contributed by atoms with van der Waals surface area (Å²) < 4.78 is 0. The van der Waals surface area contributed by atoms with Gasteiger partial charge < -0.3 is 9.80 Å². The first-order valence-corrected chi connectivity index (χ1v) is 11.8. The number of piperazine rings is 1. The smallest absolute Gasteiger partial charge is 0.253 e. The zero-order valence-corrected chi connectivity index (χ0v) is 18.2. The maximum absolute atomic E-state index is 13.0. The number of allylic oxidation sites excluding steroid dienone is 1. The van der Waals surface area contributed by atoms with Crippen LogP contribution in [0.3, 0.4) is 0 Å². The zero-order chi connectivity index (χ0) is 20.9. The van der Waals surface area contributed by atoms with Gasteiger partial charge in [-0.15, -0.1) is 0 Å². The van der Waals surface area contributed by atoms with Crippen molar-refractivity contribution in [2.45, 2.75) is 57.8 Å². The second-order valence-corrected chi connectivity index (χ2v) is 10.5. The van der Waals surface area contributed by atoms with Gasteiger partial charge in [0.2, 0.25) is 5.91 Å². The Morgan fingerprint density at radius 2 is 1.57 bits per heavy atom. The highest BCUT2D eigenvalue weighted by molar-refractivity contribution is 5.94. The standard InChI is InChI=1S/C26H34N2O2/c1-18-15-21-7-8-22(17-23(21)16-18)19-3-5-20(6-4-19)24(29)27-11-13-28(14-12-27)25(30)26(2)9-10-26/h3-6,21-23H,1,7-17H2,2H3. The Labute approximate surface area is 180 Å². The van der Waals surface area contributed by atoms with E-state index >= 15 is 0 Å². The van der Waals surface area contributed by atoms with Crippen molar-refractivity contribution < 1.29 is 9.59 Å². The van der Waals surface area contributed by atoms with E-state index in [0.29, 0.717) is 32.1 Å². The van der Waals surface area contributed by atoms with Crippen molar-refractivity contribution in [2.24, 2.45) is 17.3 Å². The highest BCUT2D eigenvalue weighted by Crippen LogP contribution is 2.49. The molecule has 5 rings (SSSR count). The molecule has 1 aromatic carbocycles. The molecule has 0 N–H and O–H groups in total. The maximum atomic E-state index is 13.0. The topological polar surface area (TPSA) is 40.6 Å². The number of benzene rings is 1. The molecular formula is C26H34N2O2. The summed E-state index contributed by atoms with van der Waals surface area (Å²) >= 11 is 0. The van der Waals surface area contributed by atoms with Crippen molar-refractivity contribution in [3.05, 3.63) is 47.5 Å². The third kappa shape index (κ3) is 3.70. The van der Waals surface area contributed by atoms with Gasteiger partial charge in [-0.05, 0) is 80.4 Å². The Balaban J connectivity index is 1.17. The molecule has 0 bridgehead atoms. The van der Waals surface area contributed by atoms with Crippen molar-refractivity contribution in [3.8, 4) is 0 Å². The Morgan fingerprint density at radius 1 is 0.933 bits per heavy atom. The van der Waals surface area contributed by atoms with Crippen LogP contribution in [0, 0.1) is 17.3 Å². The first-order valence-electron chi connectivity index (χ1n) is 11.8. The van der Waals surface area contributed by atoms with Crippen molar-refractivity contribution in [3.63, 3.8) is 0 Å². The Kier molecular flexibility index (Phi) is 4.99. The van der Waals surface area contributed by atoms with Gasteiger partial charge in [-0.2, -0.15) is 0 Å². The van der Waals surface area contributed by atoms with Crippen LogP contribution in [-0.2, 0) is 4.79 Å². The minimum atomic E-state index is -0.118. The molecule has 0 spiro atoms. The molecule has 160 valence electrons. The van der Waals surface area contributed by atoms with Crippen molar-refractivity contribution in [1.82, 2.24) is 9.80 Å². The molecule has 3 atom stereocenters. The van der Waals surface area contributed by atoms with E-state index in [1.165, 1.54) is 43.2 Å². The fourth-order valence-corrected chi connectivity index (χ4v) is 5.95. The molecule has 1 aromatic rings. The first-order chi connectivity index (χ1) is 14.4. The molecule has 4 aliphatic rings. The lowest BCUT2D eigenvalue weighted by Gasteiger charge is -2.36. The molecule has 0 aromatic heterocycles. The molecule has 0 radical (unpaired) electrons. The summed E-state index contributed by atoms with van der Waals surface area (Å²) in [5.41, 5.74) is 3.48. The van der Waals surface area contributed by atoms with Gasteiger partial charge >= 0.3 is 0 Å². The van der Waals surface area contributed by atoms with Gasteiger partial charge in [0, 0.05) is 37.2 Å². The van der Waals surface area contributed by atoms with Gasteiger partial charge in [0.1, 0.15) is 0 Å². The van der Waals surface area contributed by atoms with Crippen LogP contribution in [0.4, 0.5) is 0 Å². The van der Waals surface area contributed by atoms with Gasteiger partial charge in [-0.25, -0.2) is 0 Å². The third-order valence-corrected chi connectivity index (χ3v) is 8.24. The summed E-state index contributed by atoms with van der Waals surface area (Å²) in [4.78, 5) is 29.4. The predicted octanol–water partition coefficient (Wildman–Crippen LogP) is 4.62. The highest BCUT2D eigenvalue weighted by atomic mass is 16.2. The molecule has 4 heteroatoms. The van der Waals surface area contributed by atoms with Gasteiger partial charge in [0.05, 0.1) is 0 Å². The van der Waals surface area contributed by atoms with Crippen molar-refractivity contribution in [2.75, 3.05) is 26.2 Å². The molecule has 4 nitrogen and oxygen atoms in total. The molecular weight excluding hydrogens is 372 g/mol. The number of carbonyl (C=O) groups is 2. The average Bonchev–Trinajstić information content (AvgIpc) is 3.41. The van der Waals surface area contributed by atoms with Crippen LogP contribution in [0.1, 0.15) is 73.7 Å². The number of fused-ring (bicyclic) bond motifs is 1. The number of amides is 2. The van der Waals surface area contributed by atoms with E-state index in [4.69, 9.17) is 0 Å². The average molecular weight is 407 g/mol. The molecule has 30 heavy (non-hydrogen) atoms. The predicted molar refractivity (Wildman–Crippen MR) is 118 cm³/mol. The zero-order valence-electron chi connectivity index (χ0n) is 18.2. The van der Waals surface area contributed by atoms with Crippen LogP contribution in [0.15, 0.2) is 36.4 Å². The van der Waals surface area contributed by atoms with Crippen LogP contribution in [0.25, 0.3) is 0 Å². The number of hydrogen-bond acceptors (Lipinski definition) is 2. The summed E-state index contributed by atoms with van der Waals surface area (Å²) in [5, 5.41) is 0. The lowest BCUT2D eigenvalue weighted by molar-refractivity contribution is -0.137. The van der Waals surface area contributed by atoms with Crippen LogP contribution in [0.2, 0.25) is 0 Å². The Hall–Kier alpha value is -2.10. The molecule has 3 unspecified atom stereocenters. The largest absolute Gasteiger partial charge is 0.339 e. The fraction of sp³-hybridized carbons (Fsp3) is 0.615. The molecule has 1 saturated heterocycles. The Morgan fingerprint density at radius 3 is 2.23 bits per heavy atom. The maximum Gasteiger partial charge on any atom is 0.253 e. The van der Waals surface area contributed by atoms with E-state index in [9.17, 15) is 9.59 Å². The molecule has 1 heterocycles. The van der Waals surface area contributed by atoms with Crippen molar-refractivity contribution in [1.29, 1.82) is 0 Å². The summed E-state index contributed by atoms with van der Waals surface area (Å²) in [7, 11) is 0. The lowest BCUT2D eigenvalue weighted by Crippen LogP contribution is -2.52. The molecule has 2 amide bonds. The van der Waals surface area contributed by atoms with E-state index in [1.807, 2.05) is 21.9 Å². The van der Waals surface area contributed by atoms with Crippen LogP contribution in [-0.4, -0.2) is 47.8 Å². The van der Waals surface area contributed by atoms with Crippen LogP contribution < -0.4 is 0 Å². The van der Waals surface area contributed by atoms with E-state index in [2.05, 4.69) is 25.6 Å². The molecule has 3 saturated carbocycles. The van der Waals surface area contributed by atoms with Crippen LogP contribution in [0.5, 0.6) is 0 Å². The molecule has 1 aliphatic heterocycles. The van der Waals surface area contributed by atoms with E-state index in [-0.39, 0.29) is 17.2 Å². The monoisotopic (exact) mass is 406 g/mol. The fourth-order valence-electron chi connectivity index (χ4n) is 5.95. The minimum absolute atomic E-state index is 0.0992. The lowest BCUT2D eigenvalue weighted by atomic mass is 9.73. The van der Waals surface area contributed by atoms with Gasteiger partial charge in [-0.3, -0.25) is 9.59 Å². The SMILES string of the molecule is C=C1CC2CCC(c3ccc(C(=O)N4CCN(C(=O)C5(C)CC5)CC4)cc3)CC2C1. The minimum Gasteiger partial charge on any atom is -0.339 e. The number of rotatable bonds is 3. The van der Waals surface area contributed by atoms with Gasteiger partial charge in [0.25, 0.3) is 5.91 Å². The number of carbonyl (C=O) groups excluding carboxylic acids is 2. The second kappa shape index (κ2) is 7.55. The summed E-state index contributed by atoms with van der Waals surface area (Å²) in [5.74, 6) is 2.68. The highest BCUT2D eigenvalue weighted by Gasteiger charge is 2.47. The van der Waals surface area contributed by atoms with Crippen molar-refractivity contribution >= 4 is 11.8 Å². The number of hydrogen-bond donors (Lipinski definition) is 0. The van der Waals surface area contributed by atoms with Gasteiger partial charge in [0.15, 0.2) is 0 Å². The van der Waals surface area contributed by atoms with Crippen LogP contribution >= 0.6 is 0 Å². The molecule has 3 aliphatic carbocycles. The van der Waals surface area contributed by atoms with E-state index in [0.717, 1.165) is 30.2 Å². The Bertz CT molecular complexity index is 846. The van der Waals surface area contributed by atoms with E-state index < -0.39 is 0 Å². The summed E-state index contributed by atoms with van der Waals surface area (Å²) in [6, 6.07) is 8.38. The normalized spacial score (nSPS) is 30.2. The summed E-state index contributed by atoms with van der Waals surface area (Å²) in [6.45, 7) is 8.87. The summed E-state index contributed by atoms with van der Waals surface area (Å²) in [6.07, 6.45) is 8.32. The second-order valence-electron chi connectivity index (χ2n) is 10.5. The first kappa shape index (κ1) is 19.8. The number of nitrogens with zero attached hydrogens (tertiary/aromatic N) is 2. The third-order valence-electron chi connectivity index (χ3n) is 8.24. The quantitative estimate of drug-likeness (QED) is 0.687.